The molecule has 0 saturated carbocycles. The predicted octanol–water partition coefficient (Wildman–Crippen LogP) is 3.09. The Hall–Kier alpha value is -2.52. The van der Waals surface area contributed by atoms with Crippen molar-refractivity contribution in [2.24, 2.45) is 0 Å². The third-order valence-electron chi connectivity index (χ3n) is 3.05. The lowest BCUT2D eigenvalue weighted by Gasteiger charge is -2.07. The van der Waals surface area contributed by atoms with Crippen molar-refractivity contribution >= 4 is 33.0 Å². The van der Waals surface area contributed by atoms with Crippen molar-refractivity contribution in [2.75, 3.05) is 10.0 Å². The maximum Gasteiger partial charge on any atom is 0.272 e. The molecule has 1 aromatic carbocycles. The molecule has 2 N–H and O–H groups in total. The third kappa shape index (κ3) is 4.06. The first-order chi connectivity index (χ1) is 11.5. The Morgan fingerprint density at radius 3 is 2.33 bits per heavy atom. The minimum atomic E-state index is -3.63. The van der Waals surface area contributed by atoms with Crippen LogP contribution in [-0.4, -0.2) is 18.6 Å². The summed E-state index contributed by atoms with van der Waals surface area (Å²) in [5, 5.41) is 12.5. The Morgan fingerprint density at radius 2 is 1.71 bits per heavy atom. The van der Waals surface area contributed by atoms with Crippen LogP contribution in [0.15, 0.2) is 58.1 Å². The van der Waals surface area contributed by atoms with Crippen LogP contribution in [0.5, 0.6) is 0 Å². The van der Waals surface area contributed by atoms with E-state index in [4.69, 9.17) is 0 Å². The van der Waals surface area contributed by atoms with Crippen LogP contribution in [0.3, 0.4) is 0 Å². The third-order valence-corrected chi connectivity index (χ3v) is 5.80. The molecular formula is C15H13FN4O2S2. The number of rotatable bonds is 6. The van der Waals surface area contributed by atoms with Gasteiger partial charge in [-0.3, -0.25) is 4.72 Å². The van der Waals surface area contributed by atoms with Crippen LogP contribution in [0.25, 0.3) is 0 Å². The van der Waals surface area contributed by atoms with E-state index in [1.54, 1.807) is 29.6 Å². The van der Waals surface area contributed by atoms with Crippen molar-refractivity contribution in [3.8, 4) is 0 Å². The molecule has 124 valence electrons. The SMILES string of the molecule is O=S(=O)(Nc1ccc(NCc2ccc(F)cc2)nn1)c1cccs1. The number of hydrogen-bond donors (Lipinski definition) is 2. The molecule has 0 aliphatic heterocycles. The van der Waals surface area contributed by atoms with Crippen LogP contribution in [0.1, 0.15) is 5.56 Å². The molecule has 0 unspecified atom stereocenters. The van der Waals surface area contributed by atoms with Gasteiger partial charge in [0.05, 0.1) is 0 Å². The first kappa shape index (κ1) is 16.3. The zero-order valence-corrected chi connectivity index (χ0v) is 13.9. The molecule has 3 rings (SSSR count). The van der Waals surface area contributed by atoms with E-state index in [1.807, 2.05) is 0 Å². The van der Waals surface area contributed by atoms with Gasteiger partial charge in [0.15, 0.2) is 5.82 Å². The van der Waals surface area contributed by atoms with Crippen LogP contribution >= 0.6 is 11.3 Å². The van der Waals surface area contributed by atoms with Crippen molar-refractivity contribution in [3.05, 3.63) is 65.3 Å². The number of thiophene rings is 1. The van der Waals surface area contributed by atoms with Crippen LogP contribution < -0.4 is 10.0 Å². The van der Waals surface area contributed by atoms with Crippen molar-refractivity contribution in [1.82, 2.24) is 10.2 Å². The van der Waals surface area contributed by atoms with Gasteiger partial charge in [-0.15, -0.1) is 21.5 Å². The van der Waals surface area contributed by atoms with Crippen LogP contribution in [0.2, 0.25) is 0 Å². The highest BCUT2D eigenvalue weighted by molar-refractivity contribution is 7.94. The Kier molecular flexibility index (Phi) is 4.72. The number of benzene rings is 1. The molecule has 0 fully saturated rings. The molecule has 2 heterocycles. The highest BCUT2D eigenvalue weighted by atomic mass is 32.2. The Balaban J connectivity index is 1.62. The fourth-order valence-electron chi connectivity index (χ4n) is 1.88. The van der Waals surface area contributed by atoms with Crippen LogP contribution in [-0.2, 0) is 16.6 Å². The molecule has 24 heavy (non-hydrogen) atoms. The van der Waals surface area contributed by atoms with Gasteiger partial charge in [0.2, 0.25) is 0 Å². The van der Waals surface area contributed by atoms with E-state index in [0.717, 1.165) is 16.9 Å². The van der Waals surface area contributed by atoms with E-state index in [-0.39, 0.29) is 15.8 Å². The fourth-order valence-corrected chi connectivity index (χ4v) is 3.87. The van der Waals surface area contributed by atoms with Gasteiger partial charge < -0.3 is 5.32 Å². The van der Waals surface area contributed by atoms with Gasteiger partial charge >= 0.3 is 0 Å². The molecule has 0 aliphatic carbocycles. The van der Waals surface area contributed by atoms with Gasteiger partial charge in [0.1, 0.15) is 15.8 Å². The van der Waals surface area contributed by atoms with Crippen LogP contribution in [0.4, 0.5) is 16.0 Å². The normalized spacial score (nSPS) is 11.2. The number of nitrogens with zero attached hydrogens (tertiary/aromatic N) is 2. The quantitative estimate of drug-likeness (QED) is 0.702. The van der Waals surface area contributed by atoms with Gasteiger partial charge in [0.25, 0.3) is 10.0 Å². The number of aromatic nitrogens is 2. The number of nitrogens with one attached hydrogen (secondary N) is 2. The monoisotopic (exact) mass is 364 g/mol. The number of halogens is 1. The van der Waals surface area contributed by atoms with E-state index in [9.17, 15) is 12.8 Å². The second-order valence-corrected chi connectivity index (χ2v) is 7.68. The minimum absolute atomic E-state index is 0.135. The lowest BCUT2D eigenvalue weighted by molar-refractivity contribution is 0.603. The maximum atomic E-state index is 12.8. The molecule has 0 bridgehead atoms. The zero-order chi connectivity index (χ0) is 17.0. The summed E-state index contributed by atoms with van der Waals surface area (Å²) in [5.74, 6) is 0.329. The van der Waals surface area contributed by atoms with E-state index in [1.165, 1.54) is 24.3 Å². The smallest absolute Gasteiger partial charge is 0.272 e. The summed E-state index contributed by atoms with van der Waals surface area (Å²) >= 11 is 1.12. The topological polar surface area (TPSA) is 84.0 Å². The van der Waals surface area contributed by atoms with Crippen molar-refractivity contribution in [1.29, 1.82) is 0 Å². The molecule has 0 aliphatic rings. The molecule has 0 amide bonds. The summed E-state index contributed by atoms with van der Waals surface area (Å²) in [7, 11) is -3.63. The van der Waals surface area contributed by atoms with Gasteiger partial charge in [-0.05, 0) is 41.3 Å². The fraction of sp³-hybridized carbons (Fsp3) is 0.0667. The molecule has 3 aromatic rings. The lowest BCUT2D eigenvalue weighted by Crippen LogP contribution is -2.13. The molecule has 0 spiro atoms. The summed E-state index contributed by atoms with van der Waals surface area (Å²) in [5.41, 5.74) is 0.890. The summed E-state index contributed by atoms with van der Waals surface area (Å²) in [4.78, 5) is 0. The van der Waals surface area contributed by atoms with Crippen LogP contribution in [0, 0.1) is 5.82 Å². The largest absolute Gasteiger partial charge is 0.365 e. The molecule has 0 saturated heterocycles. The number of anilines is 2. The van der Waals surface area contributed by atoms with E-state index < -0.39 is 10.0 Å². The highest BCUT2D eigenvalue weighted by Crippen LogP contribution is 2.19. The minimum Gasteiger partial charge on any atom is -0.365 e. The molecule has 0 atom stereocenters. The van der Waals surface area contributed by atoms with Gasteiger partial charge in [-0.25, -0.2) is 12.8 Å². The molecule has 9 heteroatoms. The van der Waals surface area contributed by atoms with Gasteiger partial charge in [-0.2, -0.15) is 0 Å². The second kappa shape index (κ2) is 6.93. The molecule has 0 radical (unpaired) electrons. The summed E-state index contributed by atoms with van der Waals surface area (Å²) in [6.45, 7) is 0.454. The first-order valence-electron chi connectivity index (χ1n) is 6.91. The molecule has 6 nitrogen and oxygen atoms in total. The Morgan fingerprint density at radius 1 is 1.00 bits per heavy atom. The molecular weight excluding hydrogens is 351 g/mol. The standard InChI is InChI=1S/C15H13FN4O2S2/c16-12-5-3-11(4-6-12)10-17-13-7-8-14(19-18-13)20-24(21,22)15-2-1-9-23-15/h1-9H,10H2,(H,17,18)(H,19,20). The summed E-state index contributed by atoms with van der Waals surface area (Å²) < 4.78 is 39.6. The highest BCUT2D eigenvalue weighted by Gasteiger charge is 2.15. The Labute approximate surface area is 142 Å². The lowest BCUT2D eigenvalue weighted by atomic mass is 10.2. The van der Waals surface area contributed by atoms with Gasteiger partial charge in [-0.1, -0.05) is 18.2 Å². The number of hydrogen-bond acceptors (Lipinski definition) is 6. The first-order valence-corrected chi connectivity index (χ1v) is 9.27. The summed E-state index contributed by atoms with van der Waals surface area (Å²) in [6.07, 6.45) is 0. The second-order valence-electron chi connectivity index (χ2n) is 4.82. The average molecular weight is 364 g/mol. The zero-order valence-electron chi connectivity index (χ0n) is 12.3. The van der Waals surface area contributed by atoms with Crippen molar-refractivity contribution < 1.29 is 12.8 Å². The van der Waals surface area contributed by atoms with Crippen molar-refractivity contribution in [2.45, 2.75) is 10.8 Å². The van der Waals surface area contributed by atoms with E-state index >= 15 is 0 Å². The number of sulfonamides is 1. The maximum absolute atomic E-state index is 12.8. The molecule has 2 aromatic heterocycles. The van der Waals surface area contributed by atoms with E-state index in [2.05, 4.69) is 20.2 Å². The van der Waals surface area contributed by atoms with Crippen molar-refractivity contribution in [3.63, 3.8) is 0 Å². The predicted molar refractivity (Wildman–Crippen MR) is 90.9 cm³/mol. The van der Waals surface area contributed by atoms with Gasteiger partial charge in [0, 0.05) is 6.54 Å². The van der Waals surface area contributed by atoms with E-state index in [0.29, 0.717) is 12.4 Å². The Bertz CT molecular complexity index is 896. The summed E-state index contributed by atoms with van der Waals surface area (Å²) in [6, 6.07) is 12.4. The average Bonchev–Trinajstić information content (AvgIpc) is 3.11.